The zero-order valence-electron chi connectivity index (χ0n) is 19.2. The van der Waals surface area contributed by atoms with Crippen LogP contribution in [0.3, 0.4) is 0 Å². The van der Waals surface area contributed by atoms with Gasteiger partial charge in [-0.05, 0) is 80.7 Å². The van der Waals surface area contributed by atoms with E-state index >= 15 is 0 Å². The first kappa shape index (κ1) is 21.4. The molecule has 5 aliphatic rings. The molecule has 3 N–H and O–H groups in total. The highest BCUT2D eigenvalue weighted by Crippen LogP contribution is 2.60. The van der Waals surface area contributed by atoms with Crippen LogP contribution in [0.25, 0.3) is 0 Å². The normalized spacial score (nSPS) is 38.4. The minimum atomic E-state index is -0.964. The van der Waals surface area contributed by atoms with Gasteiger partial charge in [0.15, 0.2) is 0 Å². The summed E-state index contributed by atoms with van der Waals surface area (Å²) in [5.74, 6) is 1.08. The highest BCUT2D eigenvalue weighted by molar-refractivity contribution is 6.07. The summed E-state index contributed by atoms with van der Waals surface area (Å²) in [7, 11) is 1.65. The van der Waals surface area contributed by atoms with E-state index in [0.717, 1.165) is 63.3 Å². The van der Waals surface area contributed by atoms with E-state index in [4.69, 9.17) is 9.47 Å². The first-order valence-electron chi connectivity index (χ1n) is 12.2. The molecule has 8 nitrogen and oxygen atoms in total. The van der Waals surface area contributed by atoms with Gasteiger partial charge in [0.2, 0.25) is 0 Å². The Balaban J connectivity index is 1.43. The first-order chi connectivity index (χ1) is 15.9. The van der Waals surface area contributed by atoms with E-state index in [2.05, 4.69) is 27.7 Å². The molecule has 0 aromatic heterocycles. The molecule has 3 heterocycles. The second kappa shape index (κ2) is 7.42. The number of ether oxygens (including phenoxy) is 2. The van der Waals surface area contributed by atoms with Crippen LogP contribution in [0.1, 0.15) is 49.7 Å². The molecule has 1 aromatic rings. The maximum atomic E-state index is 12.9. The summed E-state index contributed by atoms with van der Waals surface area (Å²) in [6.45, 7) is 3.47. The number of likely N-dealkylation sites (tertiary alicyclic amines) is 1. The Kier molecular flexibility index (Phi) is 4.81. The quantitative estimate of drug-likeness (QED) is 0.597. The molecule has 178 valence electrons. The van der Waals surface area contributed by atoms with E-state index in [9.17, 15) is 14.7 Å². The Morgan fingerprint density at radius 1 is 1.21 bits per heavy atom. The van der Waals surface area contributed by atoms with Crippen LogP contribution < -0.4 is 15.4 Å². The van der Waals surface area contributed by atoms with E-state index < -0.39 is 22.6 Å². The first-order valence-corrected chi connectivity index (χ1v) is 12.2. The fourth-order valence-electron chi connectivity index (χ4n) is 7.57. The highest BCUT2D eigenvalue weighted by Gasteiger charge is 2.69. The van der Waals surface area contributed by atoms with Crippen molar-refractivity contribution < 1.29 is 24.2 Å². The van der Waals surface area contributed by atoms with Crippen molar-refractivity contribution in [3.63, 3.8) is 0 Å². The van der Waals surface area contributed by atoms with Crippen molar-refractivity contribution in [2.24, 2.45) is 5.92 Å². The standard InChI is InChI=1S/C25H33N3O5/c1-32-18-3-2-17-12-20-25(31)7-6-24(21(29)26-22(30)27-24)15-23(25,19(17)13-18)8-9-28(20)14-16-4-10-33-11-5-16/h2-3,13,16,20,31H,4-12,14-15H2,1H3,(H2,26,27,29,30). The third-order valence-electron chi connectivity index (χ3n) is 9.28. The van der Waals surface area contributed by atoms with Crippen LogP contribution in [0, 0.1) is 5.92 Å². The molecule has 1 spiro atoms. The number of benzene rings is 1. The lowest BCUT2D eigenvalue weighted by molar-refractivity contribution is -0.182. The molecule has 4 atom stereocenters. The molecule has 3 amide bonds. The molecule has 4 fully saturated rings. The van der Waals surface area contributed by atoms with Gasteiger partial charge < -0.3 is 19.9 Å². The van der Waals surface area contributed by atoms with Crippen LogP contribution in [-0.4, -0.2) is 72.5 Å². The molecule has 2 bridgehead atoms. The fourth-order valence-corrected chi connectivity index (χ4v) is 7.57. The topological polar surface area (TPSA) is 100 Å². The van der Waals surface area contributed by atoms with Gasteiger partial charge in [-0.25, -0.2) is 4.79 Å². The molecule has 2 aliphatic carbocycles. The second-order valence-electron chi connectivity index (χ2n) is 10.7. The van der Waals surface area contributed by atoms with E-state index in [0.29, 0.717) is 25.2 Å². The van der Waals surface area contributed by atoms with E-state index in [1.807, 2.05) is 6.07 Å². The molecule has 1 aromatic carbocycles. The van der Waals surface area contributed by atoms with Gasteiger partial charge in [0.05, 0.1) is 12.7 Å². The van der Waals surface area contributed by atoms with Crippen molar-refractivity contribution in [3.8, 4) is 5.75 Å². The maximum Gasteiger partial charge on any atom is 0.322 e. The number of nitrogens with one attached hydrogen (secondary N) is 2. The Hall–Kier alpha value is -2.16. The van der Waals surface area contributed by atoms with Crippen molar-refractivity contribution in [1.29, 1.82) is 0 Å². The summed E-state index contributed by atoms with van der Waals surface area (Å²) in [4.78, 5) is 27.6. The van der Waals surface area contributed by atoms with Crippen LogP contribution >= 0.6 is 0 Å². The number of rotatable bonds is 3. The lowest BCUT2D eigenvalue weighted by atomic mass is 9.46. The minimum Gasteiger partial charge on any atom is -0.497 e. The number of fused-ring (bicyclic) bond motifs is 1. The molecule has 4 unspecified atom stereocenters. The zero-order valence-corrected chi connectivity index (χ0v) is 19.2. The van der Waals surface area contributed by atoms with Crippen LogP contribution in [0.2, 0.25) is 0 Å². The van der Waals surface area contributed by atoms with E-state index in [1.165, 1.54) is 5.56 Å². The van der Waals surface area contributed by atoms with Gasteiger partial charge in [-0.1, -0.05) is 6.07 Å². The van der Waals surface area contributed by atoms with Gasteiger partial charge in [-0.15, -0.1) is 0 Å². The number of nitrogens with zero attached hydrogens (tertiary/aromatic N) is 1. The molecule has 3 aliphatic heterocycles. The highest BCUT2D eigenvalue weighted by atomic mass is 16.5. The fraction of sp³-hybridized carbons (Fsp3) is 0.680. The van der Waals surface area contributed by atoms with Gasteiger partial charge in [0.25, 0.3) is 5.91 Å². The molecule has 3 saturated heterocycles. The van der Waals surface area contributed by atoms with Crippen molar-refractivity contribution in [3.05, 3.63) is 29.3 Å². The number of piperidine rings is 1. The number of urea groups is 1. The van der Waals surface area contributed by atoms with Crippen molar-refractivity contribution >= 4 is 11.9 Å². The third kappa shape index (κ3) is 3.00. The number of methoxy groups -OCH3 is 1. The second-order valence-corrected chi connectivity index (χ2v) is 10.7. The third-order valence-corrected chi connectivity index (χ3v) is 9.28. The summed E-state index contributed by atoms with van der Waals surface area (Å²) in [5.41, 5.74) is -0.245. The molecule has 6 rings (SSSR count). The largest absolute Gasteiger partial charge is 0.497 e. The molecular formula is C25H33N3O5. The van der Waals surface area contributed by atoms with Gasteiger partial charge in [-0.2, -0.15) is 0 Å². The lowest BCUT2D eigenvalue weighted by Gasteiger charge is -2.66. The number of imide groups is 1. The lowest BCUT2D eigenvalue weighted by Crippen LogP contribution is -2.76. The molecule has 8 heteroatoms. The average molecular weight is 456 g/mol. The average Bonchev–Trinajstić information content (AvgIpc) is 3.09. The van der Waals surface area contributed by atoms with Crippen molar-refractivity contribution in [1.82, 2.24) is 15.5 Å². The number of amides is 3. The van der Waals surface area contributed by atoms with Crippen LogP contribution in [-0.2, 0) is 21.4 Å². The molecular weight excluding hydrogens is 422 g/mol. The van der Waals surface area contributed by atoms with Gasteiger partial charge in [-0.3, -0.25) is 15.0 Å². The van der Waals surface area contributed by atoms with Crippen molar-refractivity contribution in [2.75, 3.05) is 33.4 Å². The number of carbonyl (C=O) groups excluding carboxylic acids is 2. The predicted octanol–water partition coefficient (Wildman–Crippen LogP) is 1.48. The van der Waals surface area contributed by atoms with E-state index in [1.54, 1.807) is 7.11 Å². The zero-order chi connectivity index (χ0) is 22.8. The van der Waals surface area contributed by atoms with Crippen LogP contribution in [0.15, 0.2) is 18.2 Å². The number of carbonyl (C=O) groups is 2. The summed E-state index contributed by atoms with van der Waals surface area (Å²) < 4.78 is 11.1. The maximum absolute atomic E-state index is 12.9. The number of hydrogen-bond donors (Lipinski definition) is 3. The van der Waals surface area contributed by atoms with E-state index in [-0.39, 0.29) is 11.9 Å². The van der Waals surface area contributed by atoms with Crippen LogP contribution in [0.5, 0.6) is 5.75 Å². The monoisotopic (exact) mass is 455 g/mol. The number of aliphatic hydroxyl groups is 1. The van der Waals surface area contributed by atoms with Crippen molar-refractivity contribution in [2.45, 2.75) is 67.5 Å². The van der Waals surface area contributed by atoms with Gasteiger partial charge >= 0.3 is 6.03 Å². The van der Waals surface area contributed by atoms with Gasteiger partial charge in [0, 0.05) is 31.2 Å². The summed E-state index contributed by atoms with van der Waals surface area (Å²) in [6, 6.07) is 5.72. The Morgan fingerprint density at radius 2 is 2.03 bits per heavy atom. The molecule has 1 saturated carbocycles. The van der Waals surface area contributed by atoms with Gasteiger partial charge in [0.1, 0.15) is 11.3 Å². The SMILES string of the molecule is COc1ccc2c(c1)C13CCN(CC4CCOCC4)C(C2)C1(O)CCC1(C3)NC(=O)NC1=O. The molecule has 0 radical (unpaired) electrons. The molecule has 33 heavy (non-hydrogen) atoms. The summed E-state index contributed by atoms with van der Waals surface area (Å²) >= 11 is 0. The van der Waals surface area contributed by atoms with Crippen LogP contribution in [0.4, 0.5) is 4.79 Å². The number of hydrogen-bond acceptors (Lipinski definition) is 6. The predicted molar refractivity (Wildman–Crippen MR) is 120 cm³/mol. The summed E-state index contributed by atoms with van der Waals surface area (Å²) in [5, 5.41) is 17.9. The minimum absolute atomic E-state index is 0.00694. The Morgan fingerprint density at radius 3 is 2.76 bits per heavy atom. The smallest absolute Gasteiger partial charge is 0.322 e. The summed E-state index contributed by atoms with van der Waals surface area (Å²) in [6.07, 6.45) is 5.00. The Bertz CT molecular complexity index is 994. The Labute approximate surface area is 194 Å².